The topological polar surface area (TPSA) is 97.5 Å². The third-order valence-corrected chi connectivity index (χ3v) is 1.43. The standard InChI is InChI=1S/C4H9NO.C3H2N2O3/c1-6-5-4-2-3-4;6-3(7)2-1-4-5-8-2/h4-5H,2-3H2,1H3;1H,(H,6,7). The van der Waals surface area contributed by atoms with Gasteiger partial charge in [0.15, 0.2) is 0 Å². The summed E-state index contributed by atoms with van der Waals surface area (Å²) in [5, 5.41) is 14.2. The molecular weight excluding hydrogens is 190 g/mol. The summed E-state index contributed by atoms with van der Waals surface area (Å²) in [4.78, 5) is 14.5. The number of aromatic carboxylic acids is 1. The molecule has 78 valence electrons. The molecule has 1 aliphatic carbocycles. The minimum absolute atomic E-state index is 0.245. The van der Waals surface area contributed by atoms with Gasteiger partial charge in [-0.2, -0.15) is 5.48 Å². The van der Waals surface area contributed by atoms with Crippen molar-refractivity contribution in [2.75, 3.05) is 7.11 Å². The molecule has 2 N–H and O–H groups in total. The molecule has 0 aromatic carbocycles. The summed E-state index contributed by atoms with van der Waals surface area (Å²) in [5.41, 5.74) is 2.82. The number of nitrogens with one attached hydrogen (secondary N) is 1. The molecule has 14 heavy (non-hydrogen) atoms. The van der Waals surface area contributed by atoms with Gasteiger partial charge in [0.25, 0.3) is 5.76 Å². The van der Waals surface area contributed by atoms with Crippen molar-refractivity contribution in [2.24, 2.45) is 0 Å². The number of rotatable bonds is 3. The van der Waals surface area contributed by atoms with Crippen LogP contribution in [0.4, 0.5) is 0 Å². The van der Waals surface area contributed by atoms with E-state index in [0.29, 0.717) is 6.04 Å². The molecule has 0 amide bonds. The molecule has 0 aliphatic heterocycles. The van der Waals surface area contributed by atoms with Crippen LogP contribution in [-0.2, 0) is 4.84 Å². The Bertz CT molecular complexity index is 270. The van der Waals surface area contributed by atoms with Gasteiger partial charge in [-0.25, -0.2) is 4.79 Å². The number of carbonyl (C=O) groups is 1. The van der Waals surface area contributed by atoms with E-state index < -0.39 is 5.97 Å². The van der Waals surface area contributed by atoms with Crippen LogP contribution in [-0.4, -0.2) is 34.6 Å². The largest absolute Gasteiger partial charge is 0.475 e. The van der Waals surface area contributed by atoms with Crippen molar-refractivity contribution in [3.63, 3.8) is 0 Å². The van der Waals surface area contributed by atoms with Gasteiger partial charge in [0.1, 0.15) is 6.20 Å². The summed E-state index contributed by atoms with van der Waals surface area (Å²) in [6.07, 6.45) is 3.60. The summed E-state index contributed by atoms with van der Waals surface area (Å²) < 4.78 is 4.13. The molecule has 0 saturated heterocycles. The van der Waals surface area contributed by atoms with Gasteiger partial charge in [0.05, 0.1) is 7.11 Å². The highest BCUT2D eigenvalue weighted by atomic mass is 16.6. The van der Waals surface area contributed by atoms with E-state index >= 15 is 0 Å². The molecule has 0 unspecified atom stereocenters. The van der Waals surface area contributed by atoms with Gasteiger partial charge in [0, 0.05) is 11.3 Å². The Balaban J connectivity index is 0.000000146. The van der Waals surface area contributed by atoms with Gasteiger partial charge >= 0.3 is 5.97 Å². The molecular formula is C7H11N3O4. The smallest absolute Gasteiger partial charge is 0.376 e. The van der Waals surface area contributed by atoms with Gasteiger partial charge in [-0.1, -0.05) is 0 Å². The van der Waals surface area contributed by atoms with E-state index in [0.717, 1.165) is 6.20 Å². The lowest BCUT2D eigenvalue weighted by molar-refractivity contribution is 0.0651. The van der Waals surface area contributed by atoms with Crippen molar-refractivity contribution in [1.29, 1.82) is 0 Å². The van der Waals surface area contributed by atoms with Gasteiger partial charge in [-0.05, 0) is 12.8 Å². The average molecular weight is 201 g/mol. The lowest BCUT2D eigenvalue weighted by Crippen LogP contribution is -2.12. The molecule has 1 heterocycles. The summed E-state index contributed by atoms with van der Waals surface area (Å²) in [6.45, 7) is 0. The first kappa shape index (κ1) is 10.6. The number of hydrogen-bond donors (Lipinski definition) is 2. The summed E-state index contributed by atoms with van der Waals surface area (Å²) in [7, 11) is 1.65. The van der Waals surface area contributed by atoms with Crippen LogP contribution in [0.5, 0.6) is 0 Å². The van der Waals surface area contributed by atoms with Crippen molar-refractivity contribution < 1.29 is 19.3 Å². The van der Waals surface area contributed by atoms with Crippen molar-refractivity contribution in [3.05, 3.63) is 12.0 Å². The third-order valence-electron chi connectivity index (χ3n) is 1.43. The number of hydroxylamine groups is 1. The van der Waals surface area contributed by atoms with Crippen LogP contribution >= 0.6 is 0 Å². The maximum Gasteiger partial charge on any atom is 0.376 e. The molecule has 1 saturated carbocycles. The maximum atomic E-state index is 9.89. The van der Waals surface area contributed by atoms with Crippen LogP contribution in [0.15, 0.2) is 10.7 Å². The Kier molecular flexibility index (Phi) is 4.02. The lowest BCUT2D eigenvalue weighted by Gasteiger charge is -1.91. The molecule has 0 atom stereocenters. The SMILES string of the molecule is CONC1CC1.O=C(O)c1cnno1. The fraction of sp³-hybridized carbons (Fsp3) is 0.571. The van der Waals surface area contributed by atoms with Crippen LogP contribution in [0, 0.1) is 0 Å². The highest BCUT2D eigenvalue weighted by Gasteiger charge is 2.19. The van der Waals surface area contributed by atoms with Crippen LogP contribution in [0.3, 0.4) is 0 Å². The van der Waals surface area contributed by atoms with Crippen LogP contribution < -0.4 is 5.48 Å². The molecule has 1 fully saturated rings. The van der Waals surface area contributed by atoms with Crippen molar-refractivity contribution in [3.8, 4) is 0 Å². The number of carboxylic acids is 1. The molecule has 7 heteroatoms. The first-order chi connectivity index (χ1) is 6.74. The number of hydrogen-bond acceptors (Lipinski definition) is 6. The average Bonchev–Trinajstić information content (AvgIpc) is 2.82. The van der Waals surface area contributed by atoms with E-state index in [1.54, 1.807) is 7.11 Å². The minimum atomic E-state index is -1.16. The van der Waals surface area contributed by atoms with Crippen LogP contribution in [0.1, 0.15) is 23.4 Å². The molecule has 7 nitrogen and oxygen atoms in total. The Morgan fingerprint density at radius 1 is 1.79 bits per heavy atom. The van der Waals surface area contributed by atoms with Crippen molar-refractivity contribution >= 4 is 5.97 Å². The summed E-state index contributed by atoms with van der Waals surface area (Å²) in [5.74, 6) is -1.40. The summed E-state index contributed by atoms with van der Waals surface area (Å²) in [6, 6.07) is 0.676. The van der Waals surface area contributed by atoms with E-state index in [4.69, 9.17) is 5.11 Å². The Morgan fingerprint density at radius 3 is 2.71 bits per heavy atom. The van der Waals surface area contributed by atoms with Gasteiger partial charge in [-0.3, -0.25) is 0 Å². The highest BCUT2D eigenvalue weighted by Crippen LogP contribution is 2.17. The molecule has 0 bridgehead atoms. The van der Waals surface area contributed by atoms with Gasteiger partial charge < -0.3 is 14.5 Å². The molecule has 1 aliphatic rings. The quantitative estimate of drug-likeness (QED) is 0.667. The van der Waals surface area contributed by atoms with Gasteiger partial charge in [-0.15, -0.1) is 5.10 Å². The first-order valence-corrected chi connectivity index (χ1v) is 4.03. The molecule has 2 rings (SSSR count). The monoisotopic (exact) mass is 201 g/mol. The summed E-state index contributed by atoms with van der Waals surface area (Å²) >= 11 is 0. The van der Waals surface area contributed by atoms with Crippen LogP contribution in [0.25, 0.3) is 0 Å². The zero-order valence-corrected chi connectivity index (χ0v) is 7.64. The van der Waals surface area contributed by atoms with Crippen molar-refractivity contribution in [1.82, 2.24) is 15.9 Å². The second-order valence-electron chi connectivity index (χ2n) is 2.68. The number of nitrogens with zero attached hydrogens (tertiary/aromatic N) is 2. The van der Waals surface area contributed by atoms with Crippen LogP contribution in [0.2, 0.25) is 0 Å². The van der Waals surface area contributed by atoms with E-state index in [2.05, 4.69) is 25.2 Å². The highest BCUT2D eigenvalue weighted by molar-refractivity contribution is 5.83. The van der Waals surface area contributed by atoms with E-state index in [-0.39, 0.29) is 5.76 Å². The molecule has 0 radical (unpaired) electrons. The Hall–Kier alpha value is -1.47. The number of aromatic nitrogens is 2. The second kappa shape index (κ2) is 5.30. The molecule has 1 aromatic heterocycles. The van der Waals surface area contributed by atoms with E-state index in [9.17, 15) is 4.79 Å². The third kappa shape index (κ3) is 3.97. The second-order valence-corrected chi connectivity index (χ2v) is 2.68. The molecule has 1 aromatic rings. The van der Waals surface area contributed by atoms with Gasteiger partial charge in [0.2, 0.25) is 0 Å². The van der Waals surface area contributed by atoms with Crippen molar-refractivity contribution in [2.45, 2.75) is 18.9 Å². The fourth-order valence-electron chi connectivity index (χ4n) is 0.629. The molecule has 0 spiro atoms. The first-order valence-electron chi connectivity index (χ1n) is 4.03. The van der Waals surface area contributed by atoms with E-state index in [1.165, 1.54) is 12.8 Å². The van der Waals surface area contributed by atoms with E-state index in [1.807, 2.05) is 0 Å². The predicted molar refractivity (Wildman–Crippen MR) is 44.4 cm³/mol. The predicted octanol–water partition coefficient (Wildman–Crippen LogP) is 0.0676. The number of carboxylic acid groups (broad SMARTS) is 1. The Morgan fingerprint density at radius 2 is 2.50 bits per heavy atom. The maximum absolute atomic E-state index is 9.89. The zero-order chi connectivity index (χ0) is 10.4. The normalized spacial score (nSPS) is 14.4. The zero-order valence-electron chi connectivity index (χ0n) is 7.64. The minimum Gasteiger partial charge on any atom is -0.475 e. The fourth-order valence-corrected chi connectivity index (χ4v) is 0.629. The Labute approximate surface area is 80.0 Å². The lowest BCUT2D eigenvalue weighted by atomic mass is 10.5.